The van der Waals surface area contributed by atoms with Gasteiger partial charge < -0.3 is 10.2 Å². The van der Waals surface area contributed by atoms with Gasteiger partial charge in [-0.3, -0.25) is 4.57 Å². The molecule has 2 aromatic rings. The Morgan fingerprint density at radius 2 is 2.20 bits per heavy atom. The lowest BCUT2D eigenvalue weighted by molar-refractivity contribution is -0.125. The van der Waals surface area contributed by atoms with Crippen LogP contribution in [0.1, 0.15) is 13.8 Å². The molecule has 0 saturated carbocycles. The monoisotopic (exact) mass is 350 g/mol. The summed E-state index contributed by atoms with van der Waals surface area (Å²) in [4.78, 5) is 17.6. The van der Waals surface area contributed by atoms with E-state index in [4.69, 9.17) is 0 Å². The van der Waals surface area contributed by atoms with E-state index in [0.29, 0.717) is 16.7 Å². The predicted octanol–water partition coefficient (Wildman–Crippen LogP) is 3.00. The number of halogens is 3. The van der Waals surface area contributed by atoms with Crippen molar-refractivity contribution in [3.05, 3.63) is 24.5 Å². The number of fused-ring (bicyclic) bond motifs is 1. The molecule has 1 saturated heterocycles. The number of nitrogens with zero attached hydrogens (tertiary/aromatic N) is 3. The molecule has 1 N–H and O–H groups in total. The summed E-state index contributed by atoms with van der Waals surface area (Å²) in [5.41, 5.74) is 1.21. The maximum Gasteiger partial charge on any atom is 0.410 e. The number of carbonyl (C=O) groups is 1. The predicted molar refractivity (Wildman–Crippen MR) is 88.3 cm³/mol. The van der Waals surface area contributed by atoms with Crippen LogP contribution >= 0.6 is 0 Å². The molecule has 1 fully saturated rings. The second-order valence-electron chi connectivity index (χ2n) is 6.10. The molecule has 5 nitrogen and oxygen atoms in total. The van der Waals surface area contributed by atoms with Crippen molar-refractivity contribution in [1.82, 2.24) is 14.9 Å². The minimum atomic E-state index is -4.27. The third-order valence-corrected chi connectivity index (χ3v) is 3.79. The van der Waals surface area contributed by atoms with Crippen LogP contribution in [0.2, 0.25) is 0 Å². The van der Waals surface area contributed by atoms with Crippen LogP contribution in [-0.2, 0) is 0 Å². The molecule has 0 spiro atoms. The number of para-hydroxylation sites is 1. The fraction of sp³-hybridized carbons (Fsp3) is 0.412. The zero-order chi connectivity index (χ0) is 18.2. The highest BCUT2D eigenvalue weighted by atomic mass is 19.4. The molecule has 1 unspecified atom stereocenters. The maximum atomic E-state index is 12.8. The van der Waals surface area contributed by atoms with Gasteiger partial charge in [0.1, 0.15) is 17.9 Å². The number of benzene rings is 1. The number of nitrogens with one attached hydrogen (secondary N) is 1. The number of hydrogen-bond donors (Lipinski definition) is 1. The van der Waals surface area contributed by atoms with Gasteiger partial charge in [-0.05, 0) is 12.1 Å². The number of amides is 1. The van der Waals surface area contributed by atoms with Crippen molar-refractivity contribution < 1.29 is 18.0 Å². The second kappa shape index (κ2) is 6.31. The molecular weight excluding hydrogens is 333 g/mol. The van der Waals surface area contributed by atoms with Crippen LogP contribution in [-0.4, -0.2) is 40.9 Å². The van der Waals surface area contributed by atoms with E-state index in [2.05, 4.69) is 22.1 Å². The van der Waals surface area contributed by atoms with E-state index < -0.39 is 18.2 Å². The van der Waals surface area contributed by atoms with Gasteiger partial charge in [-0.2, -0.15) is 13.2 Å². The average molecular weight is 350 g/mol. The molecule has 0 bridgehead atoms. The van der Waals surface area contributed by atoms with Crippen LogP contribution in [0, 0.1) is 17.8 Å². The third kappa shape index (κ3) is 3.55. The van der Waals surface area contributed by atoms with Gasteiger partial charge in [0.15, 0.2) is 0 Å². The topological polar surface area (TPSA) is 49.9 Å². The Hall–Kier alpha value is -2.69. The standard InChI is InChI=1S/C17H17F3N4O/c1-11(2)5-4-8-21-16(25)24-10-22-15-12(6-3-7-13(15)24)23-9-14(23)17(18,19)20/h3,6-7,10-11,14H,8-9H2,1-2H3,(H,21,25). The van der Waals surface area contributed by atoms with E-state index in [9.17, 15) is 18.0 Å². The number of rotatable bonds is 2. The van der Waals surface area contributed by atoms with Gasteiger partial charge in [-0.15, -0.1) is 0 Å². The molecule has 132 valence electrons. The molecule has 1 aliphatic rings. The average Bonchev–Trinajstić information content (AvgIpc) is 3.23. The Bertz CT molecular complexity index is 860. The van der Waals surface area contributed by atoms with E-state index in [1.54, 1.807) is 18.2 Å². The summed E-state index contributed by atoms with van der Waals surface area (Å²) in [6, 6.07) is 2.95. The van der Waals surface area contributed by atoms with E-state index in [1.807, 2.05) is 13.8 Å². The lowest BCUT2D eigenvalue weighted by Gasteiger charge is -2.09. The zero-order valence-corrected chi connectivity index (χ0v) is 13.8. The Morgan fingerprint density at radius 3 is 2.84 bits per heavy atom. The van der Waals surface area contributed by atoms with Crippen molar-refractivity contribution in [2.24, 2.45) is 5.92 Å². The first-order valence-electron chi connectivity index (χ1n) is 7.85. The molecule has 25 heavy (non-hydrogen) atoms. The van der Waals surface area contributed by atoms with E-state index in [-0.39, 0.29) is 19.0 Å². The van der Waals surface area contributed by atoms with Gasteiger partial charge >= 0.3 is 12.2 Å². The number of anilines is 1. The van der Waals surface area contributed by atoms with Gasteiger partial charge in [-0.25, -0.2) is 9.78 Å². The minimum absolute atomic E-state index is 0.0908. The van der Waals surface area contributed by atoms with Crippen LogP contribution in [0.15, 0.2) is 24.5 Å². The summed E-state index contributed by atoms with van der Waals surface area (Å²) in [5, 5.41) is 2.65. The number of hydrogen-bond acceptors (Lipinski definition) is 3. The van der Waals surface area contributed by atoms with Crippen molar-refractivity contribution in [3.63, 3.8) is 0 Å². The zero-order valence-electron chi connectivity index (χ0n) is 13.8. The Balaban J connectivity index is 1.80. The summed E-state index contributed by atoms with van der Waals surface area (Å²) < 4.78 is 39.7. The quantitative estimate of drug-likeness (QED) is 0.669. The van der Waals surface area contributed by atoms with Crippen LogP contribution < -0.4 is 10.2 Å². The first-order valence-corrected chi connectivity index (χ1v) is 7.85. The summed E-state index contributed by atoms with van der Waals surface area (Å²) in [7, 11) is 0. The van der Waals surface area contributed by atoms with Crippen molar-refractivity contribution in [2.75, 3.05) is 18.0 Å². The molecule has 1 amide bonds. The number of aromatic nitrogens is 2. The lowest BCUT2D eigenvalue weighted by Crippen LogP contribution is -2.28. The van der Waals surface area contributed by atoms with Crippen molar-refractivity contribution >= 4 is 22.8 Å². The smallest absolute Gasteiger partial charge is 0.354 e. The van der Waals surface area contributed by atoms with E-state index in [1.165, 1.54) is 15.8 Å². The van der Waals surface area contributed by atoms with Gasteiger partial charge in [-0.1, -0.05) is 31.8 Å². The van der Waals surface area contributed by atoms with Crippen molar-refractivity contribution in [3.8, 4) is 11.8 Å². The summed E-state index contributed by atoms with van der Waals surface area (Å²) >= 11 is 0. The number of alkyl halides is 3. The number of imidazole rings is 1. The highest BCUT2D eigenvalue weighted by Crippen LogP contribution is 2.41. The molecule has 0 radical (unpaired) electrons. The molecule has 1 aromatic carbocycles. The molecule has 1 aliphatic heterocycles. The normalized spacial score (nSPS) is 16.7. The van der Waals surface area contributed by atoms with Gasteiger partial charge in [0.05, 0.1) is 17.7 Å². The van der Waals surface area contributed by atoms with Crippen molar-refractivity contribution in [2.45, 2.75) is 26.1 Å². The Labute approximate surface area is 142 Å². The van der Waals surface area contributed by atoms with Crippen LogP contribution in [0.4, 0.5) is 23.7 Å². The molecular formula is C17H17F3N4O. The molecule has 1 aromatic heterocycles. The van der Waals surface area contributed by atoms with Crippen molar-refractivity contribution in [1.29, 1.82) is 0 Å². The highest BCUT2D eigenvalue weighted by molar-refractivity contribution is 5.96. The van der Waals surface area contributed by atoms with E-state index >= 15 is 0 Å². The maximum absolute atomic E-state index is 12.8. The summed E-state index contributed by atoms with van der Waals surface area (Å²) in [6.45, 7) is 3.99. The van der Waals surface area contributed by atoms with Gasteiger partial charge in [0, 0.05) is 12.5 Å². The minimum Gasteiger partial charge on any atom is -0.354 e. The molecule has 1 atom stereocenters. The first-order chi connectivity index (χ1) is 11.8. The Morgan fingerprint density at radius 1 is 1.44 bits per heavy atom. The van der Waals surface area contributed by atoms with Gasteiger partial charge in [0.25, 0.3) is 0 Å². The molecule has 0 aliphatic carbocycles. The second-order valence-corrected chi connectivity index (χ2v) is 6.10. The fourth-order valence-electron chi connectivity index (χ4n) is 2.56. The third-order valence-electron chi connectivity index (χ3n) is 3.79. The van der Waals surface area contributed by atoms with Crippen LogP contribution in [0.3, 0.4) is 0 Å². The number of carbonyl (C=O) groups excluding carboxylic acids is 1. The van der Waals surface area contributed by atoms with Gasteiger partial charge in [0.2, 0.25) is 0 Å². The fourth-order valence-corrected chi connectivity index (χ4v) is 2.56. The highest BCUT2D eigenvalue weighted by Gasteiger charge is 2.54. The Kier molecular flexibility index (Phi) is 4.33. The molecule has 8 heteroatoms. The first kappa shape index (κ1) is 17.1. The van der Waals surface area contributed by atoms with E-state index in [0.717, 1.165) is 0 Å². The lowest BCUT2D eigenvalue weighted by atomic mass is 10.2. The summed E-state index contributed by atoms with van der Waals surface area (Å²) in [6.07, 6.45) is -2.96. The largest absolute Gasteiger partial charge is 0.410 e. The SMILES string of the molecule is CC(C)C#CCNC(=O)n1cnc2c(N3CC3C(F)(F)F)cccc21. The summed E-state index contributed by atoms with van der Waals surface area (Å²) in [5.74, 6) is 5.98. The van der Waals surface area contributed by atoms with Crippen LogP contribution in [0.5, 0.6) is 0 Å². The van der Waals surface area contributed by atoms with Crippen LogP contribution in [0.25, 0.3) is 11.0 Å². The molecule has 3 rings (SSSR count). The molecule has 2 heterocycles.